The topological polar surface area (TPSA) is 52.6 Å². The van der Waals surface area contributed by atoms with Crippen LogP contribution in [0.15, 0.2) is 21.5 Å². The van der Waals surface area contributed by atoms with Gasteiger partial charge in [0.25, 0.3) is 0 Å². The summed E-state index contributed by atoms with van der Waals surface area (Å²) in [6.07, 6.45) is -0.940. The van der Waals surface area contributed by atoms with E-state index in [0.717, 1.165) is 6.26 Å². The van der Waals surface area contributed by atoms with Crippen LogP contribution in [0.2, 0.25) is 0 Å². The molecule has 0 aliphatic heterocycles. The summed E-state index contributed by atoms with van der Waals surface area (Å²) in [5, 5.41) is 0. The summed E-state index contributed by atoms with van der Waals surface area (Å²) in [4.78, 5) is 0.118. The lowest BCUT2D eigenvalue weighted by Gasteiger charge is -2.17. The zero-order chi connectivity index (χ0) is 14.2. The Kier molecular flexibility index (Phi) is 4.29. The van der Waals surface area contributed by atoms with Crippen LogP contribution in [-0.4, -0.2) is 34.7 Å². The molecule has 0 saturated carbocycles. The minimum absolute atomic E-state index is 0.0831. The van der Waals surface area contributed by atoms with Crippen molar-refractivity contribution in [3.8, 4) is 0 Å². The smallest absolute Gasteiger partial charge is 0.175 e. The largest absolute Gasteiger partial charge is 0.359 e. The first-order valence-electron chi connectivity index (χ1n) is 5.62. The minimum atomic E-state index is -3.43. The lowest BCUT2D eigenvalue weighted by molar-refractivity contribution is -0.0939. The van der Waals surface area contributed by atoms with Crippen molar-refractivity contribution in [1.82, 2.24) is 0 Å². The normalized spacial score (nSPS) is 22.5. The highest BCUT2D eigenvalue weighted by Crippen LogP contribution is 2.43. The summed E-state index contributed by atoms with van der Waals surface area (Å²) in [7, 11) is -2.00. The van der Waals surface area contributed by atoms with Crippen molar-refractivity contribution >= 4 is 25.8 Å². The molecule has 2 atom stereocenters. The number of rotatable bonds is 4. The van der Waals surface area contributed by atoms with E-state index in [9.17, 15) is 12.8 Å². The molecular formula is C12H14BrFO4S. The molecule has 1 aliphatic carbocycles. The molecule has 0 fully saturated rings. The fraction of sp³-hybridized carbons (Fsp3) is 0.500. The van der Waals surface area contributed by atoms with Gasteiger partial charge in [0.05, 0.1) is 4.90 Å². The van der Waals surface area contributed by atoms with Crippen LogP contribution in [0, 0.1) is 0 Å². The van der Waals surface area contributed by atoms with Crippen molar-refractivity contribution in [2.24, 2.45) is 0 Å². The molecule has 19 heavy (non-hydrogen) atoms. The van der Waals surface area contributed by atoms with Crippen LogP contribution in [-0.2, 0) is 25.7 Å². The van der Waals surface area contributed by atoms with E-state index in [-0.39, 0.29) is 18.1 Å². The summed E-state index contributed by atoms with van der Waals surface area (Å²) in [6, 6.07) is 3.10. The first kappa shape index (κ1) is 14.9. The van der Waals surface area contributed by atoms with Crippen LogP contribution in [0.1, 0.15) is 17.2 Å². The molecule has 0 radical (unpaired) electrons. The van der Waals surface area contributed by atoms with Gasteiger partial charge in [-0.05, 0) is 17.7 Å². The molecule has 1 aromatic rings. The second-order valence-electron chi connectivity index (χ2n) is 4.42. The molecule has 0 saturated heterocycles. The maximum absolute atomic E-state index is 14.1. The number of halogens is 2. The maximum Gasteiger partial charge on any atom is 0.175 e. The quantitative estimate of drug-likeness (QED) is 0.780. The number of alkyl halides is 1. The molecule has 1 aromatic carbocycles. The summed E-state index contributed by atoms with van der Waals surface area (Å²) in [6.45, 7) is -0.0831. The third kappa shape index (κ3) is 2.84. The van der Waals surface area contributed by atoms with Crippen LogP contribution in [0.25, 0.3) is 0 Å². The zero-order valence-corrected chi connectivity index (χ0v) is 12.9. The fourth-order valence-electron chi connectivity index (χ4n) is 2.27. The number of sulfone groups is 1. The van der Waals surface area contributed by atoms with E-state index >= 15 is 0 Å². The fourth-order valence-corrected chi connectivity index (χ4v) is 3.73. The van der Waals surface area contributed by atoms with Gasteiger partial charge in [-0.1, -0.05) is 15.9 Å². The molecular weight excluding hydrogens is 339 g/mol. The second-order valence-corrected chi connectivity index (χ2v) is 7.26. The average molecular weight is 353 g/mol. The van der Waals surface area contributed by atoms with Gasteiger partial charge in [0.2, 0.25) is 0 Å². The molecule has 0 spiro atoms. The van der Waals surface area contributed by atoms with E-state index in [4.69, 9.17) is 9.47 Å². The molecule has 0 aromatic heterocycles. The zero-order valence-electron chi connectivity index (χ0n) is 10.5. The van der Waals surface area contributed by atoms with Gasteiger partial charge >= 0.3 is 0 Å². The van der Waals surface area contributed by atoms with Gasteiger partial charge < -0.3 is 9.47 Å². The van der Waals surface area contributed by atoms with Crippen molar-refractivity contribution in [3.05, 3.63) is 27.7 Å². The summed E-state index contributed by atoms with van der Waals surface area (Å²) in [5.74, 6) is 0. The van der Waals surface area contributed by atoms with Gasteiger partial charge in [-0.15, -0.1) is 0 Å². The average Bonchev–Trinajstić information content (AvgIpc) is 2.63. The number of hydrogen-bond acceptors (Lipinski definition) is 4. The van der Waals surface area contributed by atoms with E-state index < -0.39 is 22.1 Å². The van der Waals surface area contributed by atoms with Gasteiger partial charge in [0, 0.05) is 29.8 Å². The lowest BCUT2D eigenvalue weighted by Crippen LogP contribution is -2.15. The van der Waals surface area contributed by atoms with E-state index in [1.165, 1.54) is 13.2 Å². The number of methoxy groups -OCH3 is 1. The molecule has 106 valence electrons. The van der Waals surface area contributed by atoms with Crippen LogP contribution in [0.3, 0.4) is 0 Å². The van der Waals surface area contributed by atoms with Crippen molar-refractivity contribution in [1.29, 1.82) is 0 Å². The van der Waals surface area contributed by atoms with Gasteiger partial charge in [0.15, 0.2) is 9.84 Å². The van der Waals surface area contributed by atoms with Gasteiger partial charge in [0.1, 0.15) is 19.1 Å². The van der Waals surface area contributed by atoms with Gasteiger partial charge in [-0.3, -0.25) is 0 Å². The summed E-state index contributed by atoms with van der Waals surface area (Å²) < 4.78 is 48.4. The standard InChI is InChI=1S/C12H14BrFO4S/c1-17-6-18-12-9(14)5-7-8(13)3-4-10(11(7)12)19(2,15)16/h3-4,9,12H,5-6H2,1-2H3/t9-,12-/m1/s1. The number of fused-ring (bicyclic) bond motifs is 1. The Bertz CT molecular complexity index is 588. The van der Waals surface area contributed by atoms with Gasteiger partial charge in [-0.2, -0.15) is 0 Å². The molecule has 0 heterocycles. The molecule has 7 heteroatoms. The predicted molar refractivity (Wildman–Crippen MR) is 71.6 cm³/mol. The van der Waals surface area contributed by atoms with Gasteiger partial charge in [-0.25, -0.2) is 12.8 Å². The Labute approximate surface area is 120 Å². The minimum Gasteiger partial charge on any atom is -0.359 e. The maximum atomic E-state index is 14.1. The molecule has 0 N–H and O–H groups in total. The third-order valence-electron chi connectivity index (χ3n) is 3.04. The first-order valence-corrected chi connectivity index (χ1v) is 8.30. The third-order valence-corrected chi connectivity index (χ3v) is 4.93. The highest BCUT2D eigenvalue weighted by molar-refractivity contribution is 9.10. The van der Waals surface area contributed by atoms with E-state index in [0.29, 0.717) is 15.6 Å². The monoisotopic (exact) mass is 352 g/mol. The van der Waals surface area contributed by atoms with E-state index in [1.807, 2.05) is 0 Å². The Morgan fingerprint density at radius 2 is 2.16 bits per heavy atom. The molecule has 0 unspecified atom stereocenters. The van der Waals surface area contributed by atoms with Crippen molar-refractivity contribution in [2.45, 2.75) is 23.6 Å². The highest BCUT2D eigenvalue weighted by atomic mass is 79.9. The Morgan fingerprint density at radius 1 is 1.47 bits per heavy atom. The van der Waals surface area contributed by atoms with Crippen molar-refractivity contribution in [3.63, 3.8) is 0 Å². The number of benzene rings is 1. The first-order chi connectivity index (χ1) is 8.86. The highest BCUT2D eigenvalue weighted by Gasteiger charge is 2.38. The van der Waals surface area contributed by atoms with Crippen LogP contribution in [0.5, 0.6) is 0 Å². The second kappa shape index (κ2) is 5.47. The summed E-state index contributed by atoms with van der Waals surface area (Å²) >= 11 is 3.32. The van der Waals surface area contributed by atoms with Crippen molar-refractivity contribution in [2.75, 3.05) is 20.2 Å². The van der Waals surface area contributed by atoms with E-state index in [1.54, 1.807) is 6.07 Å². The predicted octanol–water partition coefficient (Wildman–Crippen LogP) is 2.41. The SMILES string of the molecule is COCO[C@H]1c2c(S(C)(=O)=O)ccc(Br)c2C[C@H]1F. The van der Waals surface area contributed by atoms with Crippen LogP contribution >= 0.6 is 15.9 Å². The number of hydrogen-bond donors (Lipinski definition) is 0. The Morgan fingerprint density at radius 3 is 2.74 bits per heavy atom. The summed E-state index contributed by atoms with van der Waals surface area (Å²) in [5.41, 5.74) is 1.05. The Balaban J connectivity index is 2.56. The molecule has 4 nitrogen and oxygen atoms in total. The van der Waals surface area contributed by atoms with Crippen molar-refractivity contribution < 1.29 is 22.3 Å². The molecule has 1 aliphatic rings. The molecule has 0 bridgehead atoms. The van der Waals surface area contributed by atoms with Crippen LogP contribution < -0.4 is 0 Å². The molecule has 0 amide bonds. The number of ether oxygens (including phenoxy) is 2. The lowest BCUT2D eigenvalue weighted by atomic mass is 10.1. The van der Waals surface area contributed by atoms with E-state index in [2.05, 4.69) is 15.9 Å². The Hall–Kier alpha value is -0.500. The molecule has 2 rings (SSSR count). The van der Waals surface area contributed by atoms with Crippen LogP contribution in [0.4, 0.5) is 4.39 Å².